The van der Waals surface area contributed by atoms with Crippen LogP contribution in [0.1, 0.15) is 31.9 Å². The minimum atomic E-state index is 0.661. The molecule has 0 aromatic carbocycles. The molecule has 1 heterocycles. The number of nitrogens with one attached hydrogen (secondary N) is 1. The maximum Gasteiger partial charge on any atom is 0.126 e. The van der Waals surface area contributed by atoms with Gasteiger partial charge in [-0.3, -0.25) is 0 Å². The molecule has 0 saturated heterocycles. The maximum absolute atomic E-state index is 4.45. The fourth-order valence-corrected chi connectivity index (χ4v) is 2.06. The van der Waals surface area contributed by atoms with Gasteiger partial charge in [-0.2, -0.15) is 0 Å². The second-order valence-electron chi connectivity index (χ2n) is 4.16. The minimum absolute atomic E-state index is 0.661. The Morgan fingerprint density at radius 1 is 1.43 bits per heavy atom. The SMILES string of the molecule is CCC1CCC1Nc1cccc(C)n1. The van der Waals surface area contributed by atoms with E-state index < -0.39 is 0 Å². The Labute approximate surface area is 85.7 Å². The van der Waals surface area contributed by atoms with Crippen LogP contribution >= 0.6 is 0 Å². The highest BCUT2D eigenvalue weighted by atomic mass is 15.0. The number of hydrogen-bond donors (Lipinski definition) is 1. The summed E-state index contributed by atoms with van der Waals surface area (Å²) in [5.41, 5.74) is 1.09. The lowest BCUT2D eigenvalue weighted by atomic mass is 9.78. The molecule has 2 unspecified atom stereocenters. The van der Waals surface area contributed by atoms with Gasteiger partial charge in [-0.05, 0) is 37.8 Å². The lowest BCUT2D eigenvalue weighted by Crippen LogP contribution is -2.38. The lowest BCUT2D eigenvalue weighted by molar-refractivity contribution is 0.268. The van der Waals surface area contributed by atoms with Crippen molar-refractivity contribution in [2.45, 2.75) is 39.2 Å². The molecule has 1 saturated carbocycles. The average molecular weight is 190 g/mol. The van der Waals surface area contributed by atoms with Gasteiger partial charge in [0, 0.05) is 11.7 Å². The van der Waals surface area contributed by atoms with Crippen LogP contribution in [0.2, 0.25) is 0 Å². The second-order valence-corrected chi connectivity index (χ2v) is 4.16. The molecule has 76 valence electrons. The van der Waals surface area contributed by atoms with Crippen LogP contribution in [0.25, 0.3) is 0 Å². The maximum atomic E-state index is 4.45. The highest BCUT2D eigenvalue weighted by Crippen LogP contribution is 2.32. The van der Waals surface area contributed by atoms with E-state index in [0.29, 0.717) is 6.04 Å². The minimum Gasteiger partial charge on any atom is -0.367 e. The van der Waals surface area contributed by atoms with Gasteiger partial charge in [0.25, 0.3) is 0 Å². The van der Waals surface area contributed by atoms with E-state index in [1.807, 2.05) is 13.0 Å². The molecule has 2 atom stereocenters. The highest BCUT2D eigenvalue weighted by Gasteiger charge is 2.28. The molecule has 1 aliphatic carbocycles. The molecular weight excluding hydrogens is 172 g/mol. The van der Waals surface area contributed by atoms with Gasteiger partial charge in [0.2, 0.25) is 0 Å². The van der Waals surface area contributed by atoms with Crippen molar-refractivity contribution >= 4 is 5.82 Å². The number of nitrogens with zero attached hydrogens (tertiary/aromatic N) is 1. The summed E-state index contributed by atoms with van der Waals surface area (Å²) >= 11 is 0. The van der Waals surface area contributed by atoms with Crippen molar-refractivity contribution in [3.05, 3.63) is 23.9 Å². The quantitative estimate of drug-likeness (QED) is 0.792. The summed E-state index contributed by atoms with van der Waals surface area (Å²) in [5.74, 6) is 1.89. The highest BCUT2D eigenvalue weighted by molar-refractivity contribution is 5.37. The van der Waals surface area contributed by atoms with Crippen LogP contribution in [-0.2, 0) is 0 Å². The Kier molecular flexibility index (Phi) is 2.71. The van der Waals surface area contributed by atoms with Crippen LogP contribution in [0.15, 0.2) is 18.2 Å². The predicted molar refractivity (Wildman–Crippen MR) is 59.4 cm³/mol. The fraction of sp³-hybridized carbons (Fsp3) is 0.583. The van der Waals surface area contributed by atoms with E-state index in [-0.39, 0.29) is 0 Å². The van der Waals surface area contributed by atoms with Crippen molar-refractivity contribution in [3.63, 3.8) is 0 Å². The summed E-state index contributed by atoms with van der Waals surface area (Å²) in [6, 6.07) is 6.81. The summed E-state index contributed by atoms with van der Waals surface area (Å²) in [6.45, 7) is 4.30. The van der Waals surface area contributed by atoms with E-state index in [9.17, 15) is 0 Å². The summed E-state index contributed by atoms with van der Waals surface area (Å²) in [5, 5.41) is 3.51. The van der Waals surface area contributed by atoms with Gasteiger partial charge in [0.15, 0.2) is 0 Å². The zero-order valence-corrected chi connectivity index (χ0v) is 8.96. The zero-order valence-electron chi connectivity index (χ0n) is 8.96. The van der Waals surface area contributed by atoms with Gasteiger partial charge in [-0.25, -0.2) is 4.98 Å². The van der Waals surface area contributed by atoms with Crippen LogP contribution in [0.3, 0.4) is 0 Å². The first-order chi connectivity index (χ1) is 6.79. The second kappa shape index (κ2) is 3.99. The van der Waals surface area contributed by atoms with E-state index in [4.69, 9.17) is 0 Å². The molecule has 2 nitrogen and oxygen atoms in total. The number of rotatable bonds is 3. The molecule has 0 spiro atoms. The molecule has 2 rings (SSSR count). The smallest absolute Gasteiger partial charge is 0.126 e. The molecular formula is C12H18N2. The van der Waals surface area contributed by atoms with Crippen molar-refractivity contribution in [2.24, 2.45) is 5.92 Å². The third kappa shape index (κ3) is 1.89. The van der Waals surface area contributed by atoms with E-state index in [1.165, 1.54) is 19.3 Å². The van der Waals surface area contributed by atoms with Crippen LogP contribution in [0, 0.1) is 12.8 Å². The topological polar surface area (TPSA) is 24.9 Å². The number of aryl methyl sites for hydroxylation is 1. The summed E-state index contributed by atoms with van der Waals surface area (Å²) in [6.07, 6.45) is 3.96. The molecule has 0 aliphatic heterocycles. The van der Waals surface area contributed by atoms with Crippen LogP contribution in [0.5, 0.6) is 0 Å². The molecule has 0 bridgehead atoms. The van der Waals surface area contributed by atoms with Crippen molar-refractivity contribution in [1.29, 1.82) is 0 Å². The number of pyridine rings is 1. The van der Waals surface area contributed by atoms with E-state index in [1.54, 1.807) is 0 Å². The van der Waals surface area contributed by atoms with Crippen molar-refractivity contribution in [2.75, 3.05) is 5.32 Å². The number of anilines is 1. The van der Waals surface area contributed by atoms with E-state index >= 15 is 0 Å². The monoisotopic (exact) mass is 190 g/mol. The fourth-order valence-electron chi connectivity index (χ4n) is 2.06. The van der Waals surface area contributed by atoms with Gasteiger partial charge >= 0.3 is 0 Å². The number of aromatic nitrogens is 1. The Morgan fingerprint density at radius 2 is 2.29 bits per heavy atom. The largest absolute Gasteiger partial charge is 0.367 e. The average Bonchev–Trinajstić information content (AvgIpc) is 2.14. The molecule has 0 radical (unpaired) electrons. The molecule has 0 amide bonds. The molecule has 1 aromatic heterocycles. The Bertz CT molecular complexity index is 307. The van der Waals surface area contributed by atoms with Crippen molar-refractivity contribution in [1.82, 2.24) is 4.98 Å². The van der Waals surface area contributed by atoms with Gasteiger partial charge in [0.1, 0.15) is 5.82 Å². The van der Waals surface area contributed by atoms with Crippen LogP contribution in [-0.4, -0.2) is 11.0 Å². The Morgan fingerprint density at radius 3 is 2.86 bits per heavy atom. The molecule has 2 heteroatoms. The molecule has 1 N–H and O–H groups in total. The molecule has 14 heavy (non-hydrogen) atoms. The normalized spacial score (nSPS) is 25.6. The summed E-state index contributed by atoms with van der Waals surface area (Å²) < 4.78 is 0. The first-order valence-corrected chi connectivity index (χ1v) is 5.50. The van der Waals surface area contributed by atoms with Gasteiger partial charge in [0.05, 0.1) is 0 Å². The van der Waals surface area contributed by atoms with Gasteiger partial charge in [-0.1, -0.05) is 19.4 Å². The first-order valence-electron chi connectivity index (χ1n) is 5.50. The van der Waals surface area contributed by atoms with Crippen LogP contribution < -0.4 is 5.32 Å². The molecule has 1 fully saturated rings. The Balaban J connectivity index is 1.97. The first kappa shape index (κ1) is 9.50. The van der Waals surface area contributed by atoms with Gasteiger partial charge in [-0.15, -0.1) is 0 Å². The van der Waals surface area contributed by atoms with E-state index in [2.05, 4.69) is 29.4 Å². The molecule has 1 aliphatic rings. The van der Waals surface area contributed by atoms with Crippen LogP contribution in [0.4, 0.5) is 5.82 Å². The third-order valence-corrected chi connectivity index (χ3v) is 3.16. The lowest BCUT2D eigenvalue weighted by Gasteiger charge is -2.36. The standard InChI is InChI=1S/C12H18N2/c1-3-10-7-8-11(10)14-12-6-4-5-9(2)13-12/h4-6,10-11H,3,7-8H2,1-2H3,(H,13,14). The van der Waals surface area contributed by atoms with Crippen molar-refractivity contribution in [3.8, 4) is 0 Å². The zero-order chi connectivity index (χ0) is 9.97. The number of hydrogen-bond acceptors (Lipinski definition) is 2. The van der Waals surface area contributed by atoms with E-state index in [0.717, 1.165) is 17.4 Å². The Hall–Kier alpha value is -1.05. The molecule has 1 aromatic rings. The third-order valence-electron chi connectivity index (χ3n) is 3.16. The van der Waals surface area contributed by atoms with Crippen molar-refractivity contribution < 1.29 is 0 Å². The van der Waals surface area contributed by atoms with Gasteiger partial charge < -0.3 is 5.32 Å². The summed E-state index contributed by atoms with van der Waals surface area (Å²) in [7, 11) is 0. The summed E-state index contributed by atoms with van der Waals surface area (Å²) in [4.78, 5) is 4.45. The predicted octanol–water partition coefficient (Wildman–Crippen LogP) is 2.99.